The maximum atomic E-state index is 11.9. The second kappa shape index (κ2) is 8.21. The van der Waals surface area contributed by atoms with E-state index < -0.39 is 33.8 Å². The van der Waals surface area contributed by atoms with Gasteiger partial charge in [-0.2, -0.15) is 0 Å². The number of ether oxygens (including phenoxy) is 1. The average molecular weight is 308 g/mol. The van der Waals surface area contributed by atoms with E-state index in [2.05, 4.69) is 10.1 Å². The first kappa shape index (κ1) is 18.9. The Morgan fingerprint density at radius 1 is 1.35 bits per heavy atom. The number of methoxy groups -OCH3 is 1. The van der Waals surface area contributed by atoms with Gasteiger partial charge in [0.05, 0.1) is 18.9 Å². The third kappa shape index (κ3) is 6.85. The SMILES string of the molecule is CCC(C)C(NC(=O)C(N)CCS(C)(=O)=O)C(=O)OC. The van der Waals surface area contributed by atoms with Crippen molar-refractivity contribution in [1.82, 2.24) is 5.32 Å². The molecule has 0 bridgehead atoms. The minimum absolute atomic E-state index is 0.0130. The first-order valence-corrected chi connectivity index (χ1v) is 8.50. The van der Waals surface area contributed by atoms with Crippen molar-refractivity contribution < 1.29 is 22.7 Å². The molecule has 0 aromatic heterocycles. The monoisotopic (exact) mass is 308 g/mol. The summed E-state index contributed by atoms with van der Waals surface area (Å²) in [6.45, 7) is 3.69. The number of sulfone groups is 1. The van der Waals surface area contributed by atoms with Gasteiger partial charge in [-0.05, 0) is 12.3 Å². The molecule has 3 unspecified atom stereocenters. The summed E-state index contributed by atoms with van der Waals surface area (Å²) < 4.78 is 26.7. The Balaban J connectivity index is 4.63. The lowest BCUT2D eigenvalue weighted by Crippen LogP contribution is -2.51. The predicted molar refractivity (Wildman–Crippen MR) is 75.7 cm³/mol. The van der Waals surface area contributed by atoms with Gasteiger partial charge < -0.3 is 15.8 Å². The lowest BCUT2D eigenvalue weighted by molar-refractivity contribution is -0.146. The third-order valence-corrected chi connectivity index (χ3v) is 4.08. The number of hydrogen-bond donors (Lipinski definition) is 2. The molecule has 1 amide bonds. The average Bonchev–Trinajstić information content (AvgIpc) is 2.39. The Morgan fingerprint density at radius 3 is 2.30 bits per heavy atom. The van der Waals surface area contributed by atoms with E-state index in [1.165, 1.54) is 7.11 Å². The minimum Gasteiger partial charge on any atom is -0.467 e. The van der Waals surface area contributed by atoms with E-state index in [1.54, 1.807) is 0 Å². The van der Waals surface area contributed by atoms with Crippen molar-refractivity contribution in [2.24, 2.45) is 11.7 Å². The Labute approximate surface area is 120 Å². The minimum atomic E-state index is -3.17. The molecule has 0 aliphatic carbocycles. The number of esters is 1. The molecule has 118 valence electrons. The van der Waals surface area contributed by atoms with Crippen molar-refractivity contribution in [3.63, 3.8) is 0 Å². The van der Waals surface area contributed by atoms with Crippen LogP contribution in [-0.4, -0.2) is 51.5 Å². The molecule has 0 radical (unpaired) electrons. The fourth-order valence-corrected chi connectivity index (χ4v) is 2.21. The van der Waals surface area contributed by atoms with Gasteiger partial charge in [0.25, 0.3) is 0 Å². The normalized spacial score (nSPS) is 16.1. The highest BCUT2D eigenvalue weighted by molar-refractivity contribution is 7.90. The Kier molecular flexibility index (Phi) is 7.74. The first-order chi connectivity index (χ1) is 9.12. The van der Waals surface area contributed by atoms with Crippen molar-refractivity contribution in [1.29, 1.82) is 0 Å². The van der Waals surface area contributed by atoms with E-state index in [4.69, 9.17) is 5.73 Å². The van der Waals surface area contributed by atoms with Crippen LogP contribution in [0.3, 0.4) is 0 Å². The lowest BCUT2D eigenvalue weighted by Gasteiger charge is -2.23. The molecular formula is C12H24N2O5S. The van der Waals surface area contributed by atoms with Gasteiger partial charge in [-0.3, -0.25) is 4.79 Å². The van der Waals surface area contributed by atoms with Crippen molar-refractivity contribution in [2.45, 2.75) is 38.8 Å². The van der Waals surface area contributed by atoms with E-state index in [0.717, 1.165) is 6.26 Å². The fourth-order valence-electron chi connectivity index (χ4n) is 1.53. The van der Waals surface area contributed by atoms with Crippen LogP contribution >= 0.6 is 0 Å². The molecule has 0 spiro atoms. The van der Waals surface area contributed by atoms with E-state index >= 15 is 0 Å². The van der Waals surface area contributed by atoms with E-state index in [0.29, 0.717) is 6.42 Å². The molecule has 0 fully saturated rings. The first-order valence-electron chi connectivity index (χ1n) is 6.43. The summed E-state index contributed by atoms with van der Waals surface area (Å²) in [7, 11) is -1.93. The fraction of sp³-hybridized carbons (Fsp3) is 0.833. The largest absolute Gasteiger partial charge is 0.467 e. The standard InChI is InChI=1S/C12H24N2O5S/c1-5-8(2)10(12(16)19-3)14-11(15)9(13)6-7-20(4,17)18/h8-10H,5-7,13H2,1-4H3,(H,14,15). The van der Waals surface area contributed by atoms with E-state index in [9.17, 15) is 18.0 Å². The zero-order chi connectivity index (χ0) is 15.9. The number of nitrogens with two attached hydrogens (primary N) is 1. The maximum absolute atomic E-state index is 11.9. The molecule has 0 aromatic rings. The van der Waals surface area contributed by atoms with Crippen LogP contribution in [0.25, 0.3) is 0 Å². The van der Waals surface area contributed by atoms with Crippen molar-refractivity contribution in [3.8, 4) is 0 Å². The van der Waals surface area contributed by atoms with Crippen LogP contribution in [0.15, 0.2) is 0 Å². The van der Waals surface area contributed by atoms with Crippen LogP contribution in [0.5, 0.6) is 0 Å². The molecule has 20 heavy (non-hydrogen) atoms. The van der Waals surface area contributed by atoms with Crippen LogP contribution in [0.1, 0.15) is 26.7 Å². The van der Waals surface area contributed by atoms with Gasteiger partial charge in [-0.25, -0.2) is 13.2 Å². The summed E-state index contributed by atoms with van der Waals surface area (Å²) in [5.74, 6) is -1.37. The highest BCUT2D eigenvalue weighted by Gasteiger charge is 2.28. The number of hydrogen-bond acceptors (Lipinski definition) is 6. The third-order valence-electron chi connectivity index (χ3n) is 3.10. The molecule has 0 saturated heterocycles. The molecule has 0 aliphatic rings. The molecule has 3 N–H and O–H groups in total. The van der Waals surface area contributed by atoms with Crippen molar-refractivity contribution in [3.05, 3.63) is 0 Å². The second-order valence-corrected chi connectivity index (χ2v) is 7.18. The highest BCUT2D eigenvalue weighted by atomic mass is 32.2. The summed E-state index contributed by atoms with van der Waals surface area (Å²) >= 11 is 0. The van der Waals surface area contributed by atoms with Crippen LogP contribution in [0.2, 0.25) is 0 Å². The van der Waals surface area contributed by atoms with Crippen LogP contribution in [-0.2, 0) is 24.2 Å². The molecule has 0 rings (SSSR count). The van der Waals surface area contributed by atoms with E-state index in [1.807, 2.05) is 13.8 Å². The molecule has 0 aromatic carbocycles. The Bertz CT molecular complexity index is 435. The van der Waals surface area contributed by atoms with Crippen molar-refractivity contribution >= 4 is 21.7 Å². The number of carbonyl (C=O) groups excluding carboxylic acids is 2. The Hall–Kier alpha value is -1.15. The highest BCUT2D eigenvalue weighted by Crippen LogP contribution is 2.09. The number of carbonyl (C=O) groups is 2. The molecule has 0 saturated carbocycles. The topological polar surface area (TPSA) is 116 Å². The van der Waals surface area contributed by atoms with Crippen LogP contribution in [0, 0.1) is 5.92 Å². The molecule has 3 atom stereocenters. The molecule has 7 nitrogen and oxygen atoms in total. The zero-order valence-corrected chi connectivity index (χ0v) is 13.2. The van der Waals surface area contributed by atoms with Crippen molar-refractivity contribution in [2.75, 3.05) is 19.1 Å². The van der Waals surface area contributed by atoms with E-state index in [-0.39, 0.29) is 18.1 Å². The van der Waals surface area contributed by atoms with Crippen LogP contribution in [0.4, 0.5) is 0 Å². The molecule has 8 heteroatoms. The van der Waals surface area contributed by atoms with Gasteiger partial charge in [-0.15, -0.1) is 0 Å². The molecule has 0 heterocycles. The Morgan fingerprint density at radius 2 is 1.90 bits per heavy atom. The number of amides is 1. The lowest BCUT2D eigenvalue weighted by atomic mass is 9.99. The summed E-state index contributed by atoms with van der Waals surface area (Å²) in [5, 5.41) is 2.52. The summed E-state index contributed by atoms with van der Waals surface area (Å²) in [4.78, 5) is 23.5. The molecule has 0 aliphatic heterocycles. The van der Waals surface area contributed by atoms with Gasteiger partial charge in [0.15, 0.2) is 0 Å². The smallest absolute Gasteiger partial charge is 0.328 e. The van der Waals surface area contributed by atoms with Gasteiger partial charge in [0.2, 0.25) is 5.91 Å². The molecular weight excluding hydrogens is 284 g/mol. The second-order valence-electron chi connectivity index (χ2n) is 4.92. The number of nitrogens with one attached hydrogen (secondary N) is 1. The van der Waals surface area contributed by atoms with Gasteiger partial charge in [0, 0.05) is 6.26 Å². The maximum Gasteiger partial charge on any atom is 0.328 e. The zero-order valence-electron chi connectivity index (χ0n) is 12.4. The summed E-state index contributed by atoms with van der Waals surface area (Å²) in [6, 6.07) is -1.75. The van der Waals surface area contributed by atoms with Gasteiger partial charge in [0.1, 0.15) is 15.9 Å². The predicted octanol–water partition coefficient (Wildman–Crippen LogP) is -0.548. The summed E-state index contributed by atoms with van der Waals surface area (Å²) in [6.07, 6.45) is 1.77. The quantitative estimate of drug-likeness (QED) is 0.581. The number of rotatable bonds is 8. The van der Waals surface area contributed by atoms with Gasteiger partial charge in [-0.1, -0.05) is 20.3 Å². The van der Waals surface area contributed by atoms with Crippen LogP contribution < -0.4 is 11.1 Å². The van der Waals surface area contributed by atoms with Gasteiger partial charge >= 0.3 is 5.97 Å². The summed E-state index contributed by atoms with van der Waals surface area (Å²) in [5.41, 5.74) is 5.63.